The van der Waals surface area contributed by atoms with Crippen molar-refractivity contribution in [2.75, 3.05) is 0 Å². The van der Waals surface area contributed by atoms with Crippen molar-refractivity contribution in [1.82, 2.24) is 9.38 Å². The van der Waals surface area contributed by atoms with Crippen LogP contribution in [0.4, 0.5) is 0 Å². The number of carboxylic acids is 1. The van der Waals surface area contributed by atoms with Gasteiger partial charge in [-0.05, 0) is 24.1 Å². The number of benzene rings is 1. The molecular formula is C14H12N2O3S. The Morgan fingerprint density at radius 2 is 2.15 bits per heavy atom. The second-order valence-corrected chi connectivity index (χ2v) is 5.10. The Labute approximate surface area is 119 Å². The summed E-state index contributed by atoms with van der Waals surface area (Å²) in [5.74, 6) is -0.361. The number of rotatable bonds is 4. The molecule has 0 saturated carbocycles. The number of carbonyl (C=O) groups is 1. The molecule has 0 atom stereocenters. The summed E-state index contributed by atoms with van der Waals surface area (Å²) in [6.07, 6.45) is 2.62. The Morgan fingerprint density at radius 1 is 1.40 bits per heavy atom. The minimum Gasteiger partial charge on any atom is -0.476 e. The van der Waals surface area contributed by atoms with Crippen molar-refractivity contribution < 1.29 is 14.6 Å². The number of hydrogen-bond acceptors (Lipinski definition) is 4. The Kier molecular flexibility index (Phi) is 3.15. The minimum atomic E-state index is -1.06. The van der Waals surface area contributed by atoms with E-state index in [0.29, 0.717) is 10.7 Å². The first-order valence-electron chi connectivity index (χ1n) is 6.14. The molecule has 0 fully saturated rings. The van der Waals surface area contributed by atoms with Crippen LogP contribution in [-0.2, 0) is 6.42 Å². The SMILES string of the molecule is CCc1ccc(Oc2nc3sccn3c2C(=O)O)cc1. The standard InChI is InChI=1S/C14H12N2O3S/c1-2-9-3-5-10(6-4-9)19-12-11(13(17)18)16-7-8-20-14(16)15-12/h3-8H,2H2,1H3,(H,17,18). The summed E-state index contributed by atoms with van der Waals surface area (Å²) >= 11 is 1.36. The molecule has 3 rings (SSSR count). The molecule has 0 aliphatic heterocycles. The Balaban J connectivity index is 1.98. The number of aromatic carboxylic acids is 1. The van der Waals surface area contributed by atoms with Crippen LogP contribution in [-0.4, -0.2) is 20.5 Å². The third-order valence-corrected chi connectivity index (χ3v) is 3.74. The number of carboxylic acid groups (broad SMARTS) is 1. The molecule has 2 heterocycles. The van der Waals surface area contributed by atoms with Gasteiger partial charge in [-0.25, -0.2) is 4.79 Å². The molecule has 102 valence electrons. The molecule has 1 N–H and O–H groups in total. The zero-order valence-corrected chi connectivity index (χ0v) is 11.6. The van der Waals surface area contributed by atoms with E-state index < -0.39 is 5.97 Å². The molecule has 2 aromatic heterocycles. The van der Waals surface area contributed by atoms with Gasteiger partial charge in [-0.2, -0.15) is 4.98 Å². The Morgan fingerprint density at radius 3 is 2.80 bits per heavy atom. The number of hydrogen-bond donors (Lipinski definition) is 1. The van der Waals surface area contributed by atoms with Crippen molar-refractivity contribution in [2.24, 2.45) is 0 Å². The van der Waals surface area contributed by atoms with Gasteiger partial charge < -0.3 is 9.84 Å². The monoisotopic (exact) mass is 288 g/mol. The highest BCUT2D eigenvalue weighted by Crippen LogP contribution is 2.28. The third-order valence-electron chi connectivity index (χ3n) is 2.98. The van der Waals surface area contributed by atoms with Gasteiger partial charge in [-0.1, -0.05) is 19.1 Å². The number of ether oxygens (including phenoxy) is 1. The summed E-state index contributed by atoms with van der Waals surface area (Å²) in [5.41, 5.74) is 1.24. The number of imidazole rings is 1. The Hall–Kier alpha value is -2.34. The van der Waals surface area contributed by atoms with Gasteiger partial charge in [-0.15, -0.1) is 11.3 Å². The predicted molar refractivity (Wildman–Crippen MR) is 75.9 cm³/mol. The number of aromatic nitrogens is 2. The highest BCUT2D eigenvalue weighted by molar-refractivity contribution is 7.15. The average Bonchev–Trinajstić information content (AvgIpc) is 2.99. The van der Waals surface area contributed by atoms with Crippen LogP contribution in [0.5, 0.6) is 11.6 Å². The summed E-state index contributed by atoms with van der Waals surface area (Å²) in [6.45, 7) is 2.07. The maximum Gasteiger partial charge on any atom is 0.358 e. The topological polar surface area (TPSA) is 63.8 Å². The van der Waals surface area contributed by atoms with Gasteiger partial charge >= 0.3 is 5.97 Å². The fourth-order valence-corrected chi connectivity index (χ4v) is 2.64. The molecule has 0 aliphatic rings. The van der Waals surface area contributed by atoms with Gasteiger partial charge in [0.1, 0.15) is 5.75 Å². The highest BCUT2D eigenvalue weighted by atomic mass is 32.1. The molecule has 0 bridgehead atoms. The lowest BCUT2D eigenvalue weighted by Gasteiger charge is -2.04. The van der Waals surface area contributed by atoms with Crippen molar-refractivity contribution in [2.45, 2.75) is 13.3 Å². The highest BCUT2D eigenvalue weighted by Gasteiger charge is 2.21. The van der Waals surface area contributed by atoms with Gasteiger partial charge in [0.05, 0.1) is 0 Å². The van der Waals surface area contributed by atoms with E-state index in [1.165, 1.54) is 21.3 Å². The van der Waals surface area contributed by atoms with Gasteiger partial charge in [0, 0.05) is 11.6 Å². The fourth-order valence-electron chi connectivity index (χ4n) is 1.94. The van der Waals surface area contributed by atoms with Gasteiger partial charge in [0.2, 0.25) is 0 Å². The lowest BCUT2D eigenvalue weighted by atomic mass is 10.2. The summed E-state index contributed by atoms with van der Waals surface area (Å²) < 4.78 is 7.12. The predicted octanol–water partition coefficient (Wildman–Crippen LogP) is 3.45. The Bertz CT molecular complexity index is 758. The van der Waals surface area contributed by atoms with E-state index in [0.717, 1.165) is 6.42 Å². The number of aryl methyl sites for hydroxylation is 1. The maximum absolute atomic E-state index is 11.3. The van der Waals surface area contributed by atoms with Crippen molar-refractivity contribution in [3.63, 3.8) is 0 Å². The first-order chi connectivity index (χ1) is 9.69. The van der Waals surface area contributed by atoms with E-state index >= 15 is 0 Å². The van der Waals surface area contributed by atoms with Crippen LogP contribution in [0.2, 0.25) is 0 Å². The van der Waals surface area contributed by atoms with Crippen LogP contribution in [0.1, 0.15) is 23.0 Å². The van der Waals surface area contributed by atoms with Crippen LogP contribution in [0.3, 0.4) is 0 Å². The van der Waals surface area contributed by atoms with Crippen LogP contribution < -0.4 is 4.74 Å². The molecule has 0 unspecified atom stereocenters. The summed E-state index contributed by atoms with van der Waals surface area (Å²) in [7, 11) is 0. The van der Waals surface area contributed by atoms with Crippen LogP contribution in [0, 0.1) is 0 Å². The van der Waals surface area contributed by atoms with E-state index in [9.17, 15) is 9.90 Å². The van der Waals surface area contributed by atoms with E-state index in [1.54, 1.807) is 11.6 Å². The fraction of sp³-hybridized carbons (Fsp3) is 0.143. The van der Waals surface area contributed by atoms with E-state index in [2.05, 4.69) is 11.9 Å². The molecule has 0 radical (unpaired) electrons. The summed E-state index contributed by atoms with van der Waals surface area (Å²) in [4.78, 5) is 16.2. The number of thiazole rings is 1. The molecule has 20 heavy (non-hydrogen) atoms. The molecule has 6 heteroatoms. The molecule has 0 amide bonds. The van der Waals surface area contributed by atoms with E-state index in [1.807, 2.05) is 24.3 Å². The summed E-state index contributed by atoms with van der Waals surface area (Å²) in [5, 5.41) is 11.1. The largest absolute Gasteiger partial charge is 0.476 e. The van der Waals surface area contributed by atoms with Gasteiger partial charge in [0.25, 0.3) is 5.88 Å². The molecule has 3 aromatic rings. The van der Waals surface area contributed by atoms with Crippen molar-refractivity contribution >= 4 is 22.3 Å². The third kappa shape index (κ3) is 2.14. The van der Waals surface area contributed by atoms with Crippen LogP contribution in [0.15, 0.2) is 35.8 Å². The number of nitrogens with zero attached hydrogens (tertiary/aromatic N) is 2. The van der Waals surface area contributed by atoms with Crippen molar-refractivity contribution in [1.29, 1.82) is 0 Å². The quantitative estimate of drug-likeness (QED) is 0.798. The molecule has 0 saturated heterocycles. The van der Waals surface area contributed by atoms with E-state index in [4.69, 9.17) is 4.74 Å². The van der Waals surface area contributed by atoms with Gasteiger partial charge in [-0.3, -0.25) is 4.40 Å². The normalized spacial score (nSPS) is 10.8. The zero-order chi connectivity index (χ0) is 14.1. The lowest BCUT2D eigenvalue weighted by molar-refractivity contribution is 0.0686. The molecular weight excluding hydrogens is 276 g/mol. The summed E-state index contributed by atoms with van der Waals surface area (Å²) in [6, 6.07) is 7.54. The molecule has 0 aliphatic carbocycles. The van der Waals surface area contributed by atoms with Crippen LogP contribution in [0.25, 0.3) is 4.96 Å². The first kappa shape index (κ1) is 12.7. The molecule has 0 spiro atoms. The smallest absolute Gasteiger partial charge is 0.358 e. The van der Waals surface area contributed by atoms with Crippen molar-refractivity contribution in [3.8, 4) is 11.6 Å². The lowest BCUT2D eigenvalue weighted by Crippen LogP contribution is -2.02. The molecule has 1 aromatic carbocycles. The first-order valence-corrected chi connectivity index (χ1v) is 7.02. The van der Waals surface area contributed by atoms with Gasteiger partial charge in [0.15, 0.2) is 10.7 Å². The molecule has 5 nitrogen and oxygen atoms in total. The second kappa shape index (κ2) is 4.97. The van der Waals surface area contributed by atoms with Crippen LogP contribution >= 0.6 is 11.3 Å². The van der Waals surface area contributed by atoms with E-state index in [-0.39, 0.29) is 11.6 Å². The zero-order valence-electron chi connectivity index (χ0n) is 10.7. The average molecular weight is 288 g/mol. The number of fused-ring (bicyclic) bond motifs is 1. The second-order valence-electron chi connectivity index (χ2n) is 4.23. The maximum atomic E-state index is 11.3. The minimum absolute atomic E-state index is 0.0424. The van der Waals surface area contributed by atoms with Crippen molar-refractivity contribution in [3.05, 3.63) is 47.1 Å².